The third kappa shape index (κ3) is 3.41. The van der Waals surface area contributed by atoms with E-state index in [1.807, 2.05) is 0 Å². The van der Waals surface area contributed by atoms with Crippen LogP contribution in [-0.2, 0) is 10.0 Å². The molecule has 0 aromatic carbocycles. The van der Waals surface area contributed by atoms with E-state index in [2.05, 4.69) is 9.97 Å². The van der Waals surface area contributed by atoms with Gasteiger partial charge in [0, 0.05) is 6.20 Å². The molecule has 2 aromatic rings. The average Bonchev–Trinajstić information content (AvgIpc) is 2.38. The first-order valence-electron chi connectivity index (χ1n) is 5.38. The maximum absolute atomic E-state index is 12.0. The van der Waals surface area contributed by atoms with E-state index >= 15 is 0 Å². The molecule has 0 aliphatic heterocycles. The minimum Gasteiger partial charge on any atom is -0.328 e. The van der Waals surface area contributed by atoms with E-state index < -0.39 is 26.4 Å². The third-order valence-electron chi connectivity index (χ3n) is 2.36. The molecule has 2 rings (SSSR count). The Labute approximate surface area is 129 Å². The van der Waals surface area contributed by atoms with Gasteiger partial charge in [0.2, 0.25) is 0 Å². The fourth-order valence-corrected chi connectivity index (χ4v) is 2.89. The van der Waals surface area contributed by atoms with Crippen LogP contribution in [0.3, 0.4) is 0 Å². The maximum atomic E-state index is 12.0. The molecule has 2 N–H and O–H groups in total. The van der Waals surface area contributed by atoms with E-state index in [4.69, 9.17) is 23.2 Å². The third-order valence-corrected chi connectivity index (χ3v) is 4.21. The summed E-state index contributed by atoms with van der Waals surface area (Å²) in [7, 11) is -4.33. The zero-order valence-corrected chi connectivity index (χ0v) is 12.5. The summed E-state index contributed by atoms with van der Waals surface area (Å²) in [6.07, 6.45) is 1.27. The fraction of sp³-hybridized carbons (Fsp3) is 0. The molecule has 0 unspecified atom stereocenters. The monoisotopic (exact) mass is 347 g/mol. The molecule has 7 nitrogen and oxygen atoms in total. The highest BCUT2D eigenvalue weighted by atomic mass is 35.5. The molecule has 0 saturated carbocycles. The fourth-order valence-electron chi connectivity index (χ4n) is 1.43. The summed E-state index contributed by atoms with van der Waals surface area (Å²) in [6.45, 7) is 0. The standard InChI is InChI=1S/C11H7Cl2N3O4S/c12-8-4-3-6(9(13)15-8)10(17)16-21(19,20)7-2-1-5-14-11(7)18/h1-5H,(H,14,18)(H,16,17). The van der Waals surface area contributed by atoms with Crippen molar-refractivity contribution in [2.45, 2.75) is 4.90 Å². The Hall–Kier alpha value is -1.90. The molecule has 2 aromatic heterocycles. The van der Waals surface area contributed by atoms with Crippen LogP contribution in [0.25, 0.3) is 0 Å². The van der Waals surface area contributed by atoms with Crippen LogP contribution in [0.2, 0.25) is 10.3 Å². The van der Waals surface area contributed by atoms with E-state index in [0.717, 1.165) is 6.07 Å². The van der Waals surface area contributed by atoms with Gasteiger partial charge in [-0.05, 0) is 24.3 Å². The molecular formula is C11H7Cl2N3O4S. The van der Waals surface area contributed by atoms with E-state index in [-0.39, 0.29) is 15.9 Å². The van der Waals surface area contributed by atoms with Gasteiger partial charge in [-0.3, -0.25) is 9.59 Å². The Morgan fingerprint density at radius 1 is 1.24 bits per heavy atom. The van der Waals surface area contributed by atoms with E-state index in [1.165, 1.54) is 24.4 Å². The SMILES string of the molecule is O=C(NS(=O)(=O)c1ccc[nH]c1=O)c1ccc(Cl)nc1Cl. The summed E-state index contributed by atoms with van der Waals surface area (Å²) >= 11 is 11.3. The molecule has 0 aliphatic rings. The molecular weight excluding hydrogens is 341 g/mol. The maximum Gasteiger partial charge on any atom is 0.269 e. The summed E-state index contributed by atoms with van der Waals surface area (Å²) in [5.41, 5.74) is -1.03. The summed E-state index contributed by atoms with van der Waals surface area (Å²) < 4.78 is 25.7. The lowest BCUT2D eigenvalue weighted by atomic mass is 10.3. The minimum absolute atomic E-state index is 0.0545. The molecule has 110 valence electrons. The van der Waals surface area contributed by atoms with E-state index in [0.29, 0.717) is 0 Å². The first kappa shape index (κ1) is 15.5. The van der Waals surface area contributed by atoms with Crippen LogP contribution in [0.1, 0.15) is 10.4 Å². The molecule has 0 atom stereocenters. The molecule has 21 heavy (non-hydrogen) atoms. The molecule has 0 fully saturated rings. The van der Waals surface area contributed by atoms with Crippen molar-refractivity contribution in [1.82, 2.24) is 14.7 Å². The van der Waals surface area contributed by atoms with Crippen LogP contribution in [0.5, 0.6) is 0 Å². The summed E-state index contributed by atoms with van der Waals surface area (Å²) in [6, 6.07) is 4.88. The van der Waals surface area contributed by atoms with Crippen molar-refractivity contribution in [1.29, 1.82) is 0 Å². The zero-order chi connectivity index (χ0) is 15.6. The first-order valence-corrected chi connectivity index (χ1v) is 7.62. The molecule has 0 spiro atoms. The highest BCUT2D eigenvalue weighted by molar-refractivity contribution is 7.90. The molecule has 2 heterocycles. The minimum atomic E-state index is -4.33. The number of aromatic nitrogens is 2. The van der Waals surface area contributed by atoms with Crippen molar-refractivity contribution in [2.24, 2.45) is 0 Å². The number of carbonyl (C=O) groups excluding carboxylic acids is 1. The van der Waals surface area contributed by atoms with Gasteiger partial charge in [0.15, 0.2) is 4.90 Å². The zero-order valence-electron chi connectivity index (χ0n) is 10.1. The number of halogens is 2. The molecule has 0 aliphatic carbocycles. The molecule has 0 radical (unpaired) electrons. The number of hydrogen-bond donors (Lipinski definition) is 2. The van der Waals surface area contributed by atoms with Crippen LogP contribution >= 0.6 is 23.2 Å². The van der Waals surface area contributed by atoms with Gasteiger partial charge in [0.1, 0.15) is 10.3 Å². The van der Waals surface area contributed by atoms with Gasteiger partial charge in [0.25, 0.3) is 21.5 Å². The number of amides is 1. The number of pyridine rings is 2. The van der Waals surface area contributed by atoms with Gasteiger partial charge in [-0.2, -0.15) is 0 Å². The van der Waals surface area contributed by atoms with Gasteiger partial charge < -0.3 is 4.98 Å². The predicted molar refractivity (Wildman–Crippen MR) is 76.0 cm³/mol. The van der Waals surface area contributed by atoms with Crippen LogP contribution in [0.4, 0.5) is 0 Å². The predicted octanol–water partition coefficient (Wildman–Crippen LogP) is 1.20. The average molecular weight is 348 g/mol. The van der Waals surface area contributed by atoms with Crippen LogP contribution in [-0.4, -0.2) is 24.3 Å². The smallest absolute Gasteiger partial charge is 0.269 e. The largest absolute Gasteiger partial charge is 0.328 e. The first-order chi connectivity index (χ1) is 9.81. The van der Waals surface area contributed by atoms with Gasteiger partial charge in [0.05, 0.1) is 5.56 Å². The highest BCUT2D eigenvalue weighted by Crippen LogP contribution is 2.17. The van der Waals surface area contributed by atoms with Crippen LogP contribution < -0.4 is 10.3 Å². The number of nitrogens with one attached hydrogen (secondary N) is 2. The van der Waals surface area contributed by atoms with Gasteiger partial charge in [-0.25, -0.2) is 18.1 Å². The van der Waals surface area contributed by atoms with Crippen LogP contribution in [0, 0.1) is 0 Å². The van der Waals surface area contributed by atoms with E-state index in [1.54, 1.807) is 4.72 Å². The number of carbonyl (C=O) groups is 1. The lowest BCUT2D eigenvalue weighted by Gasteiger charge is -2.07. The molecule has 0 saturated heterocycles. The van der Waals surface area contributed by atoms with E-state index in [9.17, 15) is 18.0 Å². The Morgan fingerprint density at radius 3 is 2.57 bits per heavy atom. The lowest BCUT2D eigenvalue weighted by Crippen LogP contribution is -2.34. The molecule has 1 amide bonds. The second kappa shape index (κ2) is 5.84. The second-order valence-corrected chi connectivity index (χ2v) is 6.17. The normalized spacial score (nSPS) is 11.1. The van der Waals surface area contributed by atoms with Gasteiger partial charge in [-0.1, -0.05) is 23.2 Å². The Kier molecular flexibility index (Phi) is 4.31. The number of sulfonamides is 1. The van der Waals surface area contributed by atoms with Crippen molar-refractivity contribution in [2.75, 3.05) is 0 Å². The van der Waals surface area contributed by atoms with Crippen molar-refractivity contribution in [3.63, 3.8) is 0 Å². The lowest BCUT2D eigenvalue weighted by molar-refractivity contribution is 0.0981. The van der Waals surface area contributed by atoms with Crippen LogP contribution in [0.15, 0.2) is 40.2 Å². The topological polar surface area (TPSA) is 109 Å². The quantitative estimate of drug-likeness (QED) is 0.810. The van der Waals surface area contributed by atoms with Gasteiger partial charge >= 0.3 is 0 Å². The van der Waals surface area contributed by atoms with Crippen molar-refractivity contribution >= 4 is 39.1 Å². The number of rotatable bonds is 3. The Balaban J connectivity index is 2.35. The highest BCUT2D eigenvalue weighted by Gasteiger charge is 2.23. The summed E-state index contributed by atoms with van der Waals surface area (Å²) in [5.74, 6) is -1.02. The van der Waals surface area contributed by atoms with Gasteiger partial charge in [-0.15, -0.1) is 0 Å². The Bertz CT molecular complexity index is 864. The summed E-state index contributed by atoms with van der Waals surface area (Å²) in [4.78, 5) is 28.6. The number of H-pyrrole nitrogens is 1. The number of nitrogens with zero attached hydrogens (tertiary/aromatic N) is 1. The van der Waals surface area contributed by atoms with Crippen molar-refractivity contribution in [3.05, 3.63) is 56.7 Å². The molecule has 0 bridgehead atoms. The summed E-state index contributed by atoms with van der Waals surface area (Å²) in [5, 5.41) is -0.198. The number of hydrogen-bond acceptors (Lipinski definition) is 5. The van der Waals surface area contributed by atoms with Crippen molar-refractivity contribution < 1.29 is 13.2 Å². The number of aromatic amines is 1. The molecule has 10 heteroatoms. The van der Waals surface area contributed by atoms with Crippen molar-refractivity contribution in [3.8, 4) is 0 Å². The second-order valence-electron chi connectivity index (χ2n) is 3.77. The Morgan fingerprint density at radius 2 is 1.95 bits per heavy atom.